The van der Waals surface area contributed by atoms with Crippen molar-refractivity contribution in [3.63, 3.8) is 0 Å². The van der Waals surface area contributed by atoms with E-state index in [1.807, 2.05) is 31.2 Å². The molecule has 0 radical (unpaired) electrons. The molecular formula is C15H15ClN2O2. The number of nitro groups is 1. The van der Waals surface area contributed by atoms with E-state index in [-0.39, 0.29) is 11.7 Å². The number of rotatable bonds is 5. The molecule has 0 aliphatic rings. The Balaban J connectivity index is 1.98. The van der Waals surface area contributed by atoms with Gasteiger partial charge in [0.1, 0.15) is 0 Å². The van der Waals surface area contributed by atoms with Crippen LogP contribution in [0, 0.1) is 10.1 Å². The summed E-state index contributed by atoms with van der Waals surface area (Å²) in [5.41, 5.74) is 2.14. The van der Waals surface area contributed by atoms with Crippen LogP contribution in [-0.2, 0) is 6.54 Å². The van der Waals surface area contributed by atoms with Gasteiger partial charge in [-0.25, -0.2) is 0 Å². The minimum atomic E-state index is -0.399. The Labute approximate surface area is 122 Å². The first-order valence-corrected chi connectivity index (χ1v) is 6.67. The van der Waals surface area contributed by atoms with Crippen LogP contribution in [0.4, 0.5) is 5.69 Å². The van der Waals surface area contributed by atoms with Crippen LogP contribution in [0.1, 0.15) is 24.1 Å². The minimum absolute atomic E-state index is 0.105. The fourth-order valence-electron chi connectivity index (χ4n) is 1.94. The lowest BCUT2D eigenvalue weighted by molar-refractivity contribution is -0.384. The third-order valence-electron chi connectivity index (χ3n) is 3.13. The summed E-state index contributed by atoms with van der Waals surface area (Å²) in [7, 11) is 0. The first kappa shape index (κ1) is 14.5. The van der Waals surface area contributed by atoms with Gasteiger partial charge in [0.15, 0.2) is 0 Å². The molecule has 0 saturated carbocycles. The van der Waals surface area contributed by atoms with Crippen LogP contribution in [0.2, 0.25) is 5.02 Å². The molecule has 0 fully saturated rings. The van der Waals surface area contributed by atoms with Crippen molar-refractivity contribution in [2.45, 2.75) is 19.5 Å². The summed E-state index contributed by atoms with van der Waals surface area (Å²) in [4.78, 5) is 10.2. The Morgan fingerprint density at radius 3 is 2.45 bits per heavy atom. The zero-order valence-electron chi connectivity index (χ0n) is 11.0. The number of non-ortho nitro benzene ring substituents is 1. The van der Waals surface area contributed by atoms with Crippen LogP contribution in [0.5, 0.6) is 0 Å². The molecule has 20 heavy (non-hydrogen) atoms. The van der Waals surface area contributed by atoms with Crippen molar-refractivity contribution in [1.29, 1.82) is 0 Å². The second-order valence-electron chi connectivity index (χ2n) is 4.55. The summed E-state index contributed by atoms with van der Waals surface area (Å²) in [6, 6.07) is 14.3. The fraction of sp³-hybridized carbons (Fsp3) is 0.200. The number of nitro benzene ring substituents is 1. The molecule has 0 heterocycles. The molecule has 0 unspecified atom stereocenters. The molecule has 0 aliphatic carbocycles. The van der Waals surface area contributed by atoms with Crippen molar-refractivity contribution in [3.05, 3.63) is 74.8 Å². The predicted molar refractivity (Wildman–Crippen MR) is 79.8 cm³/mol. The second kappa shape index (κ2) is 6.50. The number of nitrogens with zero attached hydrogens (tertiary/aromatic N) is 1. The molecule has 0 aromatic heterocycles. The average molecular weight is 291 g/mol. The van der Waals surface area contributed by atoms with Crippen molar-refractivity contribution in [3.8, 4) is 0 Å². The molecule has 0 aliphatic heterocycles. The number of hydrogen-bond donors (Lipinski definition) is 1. The summed E-state index contributed by atoms with van der Waals surface area (Å²) >= 11 is 6.14. The quantitative estimate of drug-likeness (QED) is 0.666. The zero-order valence-corrected chi connectivity index (χ0v) is 11.8. The highest BCUT2D eigenvalue weighted by Gasteiger charge is 2.09. The summed E-state index contributed by atoms with van der Waals surface area (Å²) in [6.07, 6.45) is 0. The van der Waals surface area contributed by atoms with Crippen LogP contribution in [0.25, 0.3) is 0 Å². The predicted octanol–water partition coefficient (Wildman–Crippen LogP) is 4.10. The lowest BCUT2D eigenvalue weighted by Gasteiger charge is -2.15. The van der Waals surface area contributed by atoms with E-state index in [2.05, 4.69) is 5.32 Å². The first-order chi connectivity index (χ1) is 9.58. The molecule has 104 valence electrons. The standard InChI is InChI=1S/C15H15ClN2O2/c1-11(14-4-2-3-5-15(14)16)17-10-12-6-8-13(9-7-12)18(19)20/h2-9,11,17H,10H2,1H3/t11-/m0/s1. The third kappa shape index (κ3) is 3.56. The van der Waals surface area contributed by atoms with Gasteiger partial charge in [-0.3, -0.25) is 10.1 Å². The molecule has 5 heteroatoms. The molecule has 2 rings (SSSR count). The van der Waals surface area contributed by atoms with E-state index >= 15 is 0 Å². The lowest BCUT2D eigenvalue weighted by Crippen LogP contribution is -2.18. The van der Waals surface area contributed by atoms with Crippen molar-refractivity contribution >= 4 is 17.3 Å². The first-order valence-electron chi connectivity index (χ1n) is 6.29. The van der Waals surface area contributed by atoms with Gasteiger partial charge in [0.2, 0.25) is 0 Å². The summed E-state index contributed by atoms with van der Waals surface area (Å²) < 4.78 is 0. The van der Waals surface area contributed by atoms with Gasteiger partial charge in [-0.1, -0.05) is 41.9 Å². The van der Waals surface area contributed by atoms with E-state index in [1.54, 1.807) is 12.1 Å². The van der Waals surface area contributed by atoms with E-state index in [4.69, 9.17) is 11.6 Å². The van der Waals surface area contributed by atoms with E-state index < -0.39 is 4.92 Å². The van der Waals surface area contributed by atoms with Gasteiger partial charge in [0.05, 0.1) is 4.92 Å². The van der Waals surface area contributed by atoms with Gasteiger partial charge < -0.3 is 5.32 Å². The summed E-state index contributed by atoms with van der Waals surface area (Å²) in [5, 5.41) is 14.7. The maximum atomic E-state index is 10.6. The SMILES string of the molecule is C[C@H](NCc1ccc([N+](=O)[O-])cc1)c1ccccc1Cl. The Hall–Kier alpha value is -1.91. The molecule has 0 amide bonds. The molecule has 2 aromatic rings. The summed E-state index contributed by atoms with van der Waals surface area (Å²) in [5.74, 6) is 0. The number of benzene rings is 2. The molecule has 0 saturated heterocycles. The number of hydrogen-bond acceptors (Lipinski definition) is 3. The monoisotopic (exact) mass is 290 g/mol. The minimum Gasteiger partial charge on any atom is -0.306 e. The molecular weight excluding hydrogens is 276 g/mol. The van der Waals surface area contributed by atoms with Crippen LogP contribution in [0.15, 0.2) is 48.5 Å². The molecule has 0 bridgehead atoms. The third-order valence-corrected chi connectivity index (χ3v) is 3.48. The van der Waals surface area contributed by atoms with Gasteiger partial charge in [-0.15, -0.1) is 0 Å². The maximum absolute atomic E-state index is 10.6. The Bertz CT molecular complexity index is 599. The van der Waals surface area contributed by atoms with Crippen molar-refractivity contribution in [1.82, 2.24) is 5.32 Å². The largest absolute Gasteiger partial charge is 0.306 e. The highest BCUT2D eigenvalue weighted by atomic mass is 35.5. The number of nitrogens with one attached hydrogen (secondary N) is 1. The molecule has 1 atom stereocenters. The highest BCUT2D eigenvalue weighted by molar-refractivity contribution is 6.31. The molecule has 4 nitrogen and oxygen atoms in total. The fourth-order valence-corrected chi connectivity index (χ4v) is 2.24. The Kier molecular flexibility index (Phi) is 4.71. The van der Waals surface area contributed by atoms with Crippen LogP contribution >= 0.6 is 11.6 Å². The Morgan fingerprint density at radius 1 is 1.20 bits per heavy atom. The average Bonchev–Trinajstić information content (AvgIpc) is 2.45. The smallest absolute Gasteiger partial charge is 0.269 e. The molecule has 2 aromatic carbocycles. The van der Waals surface area contributed by atoms with Crippen LogP contribution in [0.3, 0.4) is 0 Å². The van der Waals surface area contributed by atoms with E-state index in [0.717, 1.165) is 16.1 Å². The topological polar surface area (TPSA) is 55.2 Å². The van der Waals surface area contributed by atoms with E-state index in [1.165, 1.54) is 12.1 Å². The second-order valence-corrected chi connectivity index (χ2v) is 4.95. The van der Waals surface area contributed by atoms with Crippen LogP contribution < -0.4 is 5.32 Å². The number of halogens is 1. The zero-order chi connectivity index (χ0) is 14.5. The molecule has 0 spiro atoms. The summed E-state index contributed by atoms with van der Waals surface area (Å²) in [6.45, 7) is 2.66. The van der Waals surface area contributed by atoms with Gasteiger partial charge in [-0.2, -0.15) is 0 Å². The van der Waals surface area contributed by atoms with Gasteiger partial charge in [0, 0.05) is 29.7 Å². The Morgan fingerprint density at radius 2 is 1.85 bits per heavy atom. The van der Waals surface area contributed by atoms with Crippen molar-refractivity contribution in [2.24, 2.45) is 0 Å². The van der Waals surface area contributed by atoms with Crippen LogP contribution in [-0.4, -0.2) is 4.92 Å². The highest BCUT2D eigenvalue weighted by Crippen LogP contribution is 2.22. The van der Waals surface area contributed by atoms with E-state index in [9.17, 15) is 10.1 Å². The normalized spacial score (nSPS) is 12.1. The van der Waals surface area contributed by atoms with Gasteiger partial charge in [-0.05, 0) is 24.1 Å². The van der Waals surface area contributed by atoms with Gasteiger partial charge >= 0.3 is 0 Å². The van der Waals surface area contributed by atoms with Crippen molar-refractivity contribution in [2.75, 3.05) is 0 Å². The maximum Gasteiger partial charge on any atom is 0.269 e. The van der Waals surface area contributed by atoms with Gasteiger partial charge in [0.25, 0.3) is 5.69 Å². The van der Waals surface area contributed by atoms with Crippen molar-refractivity contribution < 1.29 is 4.92 Å². The molecule has 1 N–H and O–H groups in total. The lowest BCUT2D eigenvalue weighted by atomic mass is 10.1. The van der Waals surface area contributed by atoms with E-state index in [0.29, 0.717) is 6.54 Å².